The molecule has 0 aliphatic heterocycles. The lowest BCUT2D eigenvalue weighted by Crippen LogP contribution is -2.28. The molecule has 0 aromatic heterocycles. The number of rotatable bonds is 8. The fourth-order valence-corrected chi connectivity index (χ4v) is 2.33. The summed E-state index contributed by atoms with van der Waals surface area (Å²) in [4.78, 5) is 11.3. The Kier molecular flexibility index (Phi) is 6.89. The van der Waals surface area contributed by atoms with Gasteiger partial charge in [-0.2, -0.15) is 0 Å². The predicted octanol–water partition coefficient (Wildman–Crippen LogP) is 3.33. The molecule has 2 rings (SSSR count). The first kappa shape index (κ1) is 18.9. The number of carbonyl (C=O) groups is 1. The molecule has 0 spiro atoms. The Morgan fingerprint density at radius 3 is 2.52 bits per heavy atom. The van der Waals surface area contributed by atoms with Crippen LogP contribution in [0.4, 0.5) is 8.78 Å². The van der Waals surface area contributed by atoms with Crippen molar-refractivity contribution in [1.82, 2.24) is 10.6 Å². The summed E-state index contributed by atoms with van der Waals surface area (Å²) >= 11 is 0. The Balaban J connectivity index is 1.85. The molecule has 25 heavy (non-hydrogen) atoms. The molecule has 0 aliphatic carbocycles. The molecule has 1 amide bonds. The van der Waals surface area contributed by atoms with Crippen molar-refractivity contribution in [2.24, 2.45) is 0 Å². The second kappa shape index (κ2) is 9.13. The average molecular weight is 348 g/mol. The molecular formula is C19H22F2N2O2. The van der Waals surface area contributed by atoms with Crippen molar-refractivity contribution in [3.63, 3.8) is 0 Å². The van der Waals surface area contributed by atoms with Crippen molar-refractivity contribution in [3.05, 3.63) is 65.2 Å². The van der Waals surface area contributed by atoms with Crippen LogP contribution in [0.1, 0.15) is 31.0 Å². The molecule has 0 saturated heterocycles. The van der Waals surface area contributed by atoms with Crippen molar-refractivity contribution in [2.75, 3.05) is 13.2 Å². The van der Waals surface area contributed by atoms with Gasteiger partial charge in [-0.15, -0.1) is 0 Å². The summed E-state index contributed by atoms with van der Waals surface area (Å²) < 4.78 is 32.1. The number of halogens is 2. The molecule has 0 radical (unpaired) electrons. The standard InChI is InChI=1S/C19H22F2N2O2/c1-3-22-19(24)12-25-16-7-4-14(5-8-16)11-23-13(2)17-9-6-15(20)10-18(17)21/h4-10,13,23H,3,11-12H2,1-2H3,(H,22,24)/t13-/m0/s1. The predicted molar refractivity (Wildman–Crippen MR) is 92.2 cm³/mol. The minimum Gasteiger partial charge on any atom is -0.484 e. The molecule has 0 aliphatic rings. The number of ether oxygens (including phenoxy) is 1. The number of amides is 1. The molecule has 0 unspecified atom stereocenters. The summed E-state index contributed by atoms with van der Waals surface area (Å²) in [7, 11) is 0. The van der Waals surface area contributed by atoms with Gasteiger partial charge in [-0.1, -0.05) is 18.2 Å². The molecule has 6 heteroatoms. The lowest BCUT2D eigenvalue weighted by Gasteiger charge is -2.15. The first-order valence-electron chi connectivity index (χ1n) is 8.16. The van der Waals surface area contributed by atoms with Crippen LogP contribution in [0.5, 0.6) is 5.75 Å². The van der Waals surface area contributed by atoms with E-state index in [2.05, 4.69) is 10.6 Å². The van der Waals surface area contributed by atoms with Gasteiger partial charge in [0.15, 0.2) is 6.61 Å². The third-order valence-corrected chi connectivity index (χ3v) is 3.71. The van der Waals surface area contributed by atoms with E-state index in [1.807, 2.05) is 26.0 Å². The van der Waals surface area contributed by atoms with E-state index in [9.17, 15) is 13.6 Å². The van der Waals surface area contributed by atoms with E-state index < -0.39 is 11.6 Å². The van der Waals surface area contributed by atoms with Crippen molar-refractivity contribution in [1.29, 1.82) is 0 Å². The normalized spacial score (nSPS) is 11.8. The summed E-state index contributed by atoms with van der Waals surface area (Å²) in [6, 6.07) is 10.6. The van der Waals surface area contributed by atoms with Crippen molar-refractivity contribution >= 4 is 5.91 Å². The van der Waals surface area contributed by atoms with Gasteiger partial charge in [0.25, 0.3) is 5.91 Å². The summed E-state index contributed by atoms with van der Waals surface area (Å²) in [6.07, 6.45) is 0. The molecule has 2 N–H and O–H groups in total. The molecule has 0 fully saturated rings. The zero-order valence-corrected chi connectivity index (χ0v) is 14.3. The van der Waals surface area contributed by atoms with Crippen LogP contribution in [-0.2, 0) is 11.3 Å². The van der Waals surface area contributed by atoms with Crippen LogP contribution >= 0.6 is 0 Å². The first-order chi connectivity index (χ1) is 12.0. The van der Waals surface area contributed by atoms with E-state index >= 15 is 0 Å². The van der Waals surface area contributed by atoms with E-state index in [-0.39, 0.29) is 18.6 Å². The van der Waals surface area contributed by atoms with Crippen molar-refractivity contribution < 1.29 is 18.3 Å². The zero-order valence-electron chi connectivity index (χ0n) is 14.3. The van der Waals surface area contributed by atoms with Crippen LogP contribution in [0.15, 0.2) is 42.5 Å². The second-order valence-corrected chi connectivity index (χ2v) is 5.65. The maximum absolute atomic E-state index is 13.8. The number of nitrogens with one attached hydrogen (secondary N) is 2. The zero-order chi connectivity index (χ0) is 18.2. The van der Waals surface area contributed by atoms with Gasteiger partial charge in [-0.25, -0.2) is 8.78 Å². The topological polar surface area (TPSA) is 50.4 Å². The molecule has 0 heterocycles. The monoisotopic (exact) mass is 348 g/mol. The van der Waals surface area contributed by atoms with E-state index in [1.165, 1.54) is 12.1 Å². The first-order valence-corrected chi connectivity index (χ1v) is 8.16. The molecule has 0 saturated carbocycles. The second-order valence-electron chi connectivity index (χ2n) is 5.65. The Bertz CT molecular complexity index is 705. The fraction of sp³-hybridized carbons (Fsp3) is 0.316. The minimum absolute atomic E-state index is 0.0215. The molecule has 2 aromatic rings. The smallest absolute Gasteiger partial charge is 0.257 e. The maximum Gasteiger partial charge on any atom is 0.257 e. The molecule has 2 aromatic carbocycles. The fourth-order valence-electron chi connectivity index (χ4n) is 2.33. The Morgan fingerprint density at radius 2 is 1.88 bits per heavy atom. The number of hydrogen-bond donors (Lipinski definition) is 2. The Morgan fingerprint density at radius 1 is 1.16 bits per heavy atom. The van der Waals surface area contributed by atoms with Crippen LogP contribution in [0.2, 0.25) is 0 Å². The van der Waals surface area contributed by atoms with Gasteiger partial charge in [0.2, 0.25) is 0 Å². The van der Waals surface area contributed by atoms with Gasteiger partial charge in [0, 0.05) is 30.8 Å². The summed E-state index contributed by atoms with van der Waals surface area (Å²) in [5, 5.41) is 5.85. The minimum atomic E-state index is -0.586. The number of likely N-dealkylation sites (N-methyl/N-ethyl adjacent to an activating group) is 1. The summed E-state index contributed by atoms with van der Waals surface area (Å²) in [5.74, 6) is -0.707. The highest BCUT2D eigenvalue weighted by Crippen LogP contribution is 2.19. The average Bonchev–Trinajstić information content (AvgIpc) is 2.59. The summed E-state index contributed by atoms with van der Waals surface area (Å²) in [6.45, 7) is 4.74. The highest BCUT2D eigenvalue weighted by Gasteiger charge is 2.11. The van der Waals surface area contributed by atoms with Crippen molar-refractivity contribution in [3.8, 4) is 5.75 Å². The molecular weight excluding hydrogens is 326 g/mol. The Labute approximate surface area is 146 Å². The maximum atomic E-state index is 13.8. The van der Waals surface area contributed by atoms with Gasteiger partial charge in [-0.05, 0) is 37.6 Å². The largest absolute Gasteiger partial charge is 0.484 e. The van der Waals surface area contributed by atoms with Gasteiger partial charge in [0.1, 0.15) is 17.4 Å². The molecule has 4 nitrogen and oxygen atoms in total. The molecule has 1 atom stereocenters. The van der Waals surface area contributed by atoms with Crippen molar-refractivity contribution in [2.45, 2.75) is 26.4 Å². The molecule has 0 bridgehead atoms. The van der Waals surface area contributed by atoms with Gasteiger partial charge in [0.05, 0.1) is 0 Å². The quantitative estimate of drug-likeness (QED) is 0.769. The van der Waals surface area contributed by atoms with Crippen LogP contribution in [-0.4, -0.2) is 19.1 Å². The summed E-state index contributed by atoms with van der Waals surface area (Å²) in [5.41, 5.74) is 1.41. The third kappa shape index (κ3) is 5.83. The van der Waals surface area contributed by atoms with Crippen LogP contribution in [0.25, 0.3) is 0 Å². The Hall–Kier alpha value is -2.47. The van der Waals surface area contributed by atoms with E-state index in [0.717, 1.165) is 11.6 Å². The molecule has 134 valence electrons. The van der Waals surface area contributed by atoms with E-state index in [4.69, 9.17) is 4.74 Å². The van der Waals surface area contributed by atoms with Crippen LogP contribution in [0.3, 0.4) is 0 Å². The third-order valence-electron chi connectivity index (χ3n) is 3.71. The van der Waals surface area contributed by atoms with Crippen LogP contribution in [0, 0.1) is 11.6 Å². The van der Waals surface area contributed by atoms with Crippen LogP contribution < -0.4 is 15.4 Å². The van der Waals surface area contributed by atoms with Gasteiger partial charge in [-0.3, -0.25) is 4.79 Å². The van der Waals surface area contributed by atoms with E-state index in [1.54, 1.807) is 12.1 Å². The SMILES string of the molecule is CCNC(=O)COc1ccc(CN[C@@H](C)c2ccc(F)cc2F)cc1. The van der Waals surface area contributed by atoms with Gasteiger partial charge < -0.3 is 15.4 Å². The highest BCUT2D eigenvalue weighted by atomic mass is 19.1. The lowest BCUT2D eigenvalue weighted by atomic mass is 10.1. The number of benzene rings is 2. The van der Waals surface area contributed by atoms with Gasteiger partial charge >= 0.3 is 0 Å². The lowest BCUT2D eigenvalue weighted by molar-refractivity contribution is -0.122. The number of hydrogen-bond acceptors (Lipinski definition) is 3. The highest BCUT2D eigenvalue weighted by molar-refractivity contribution is 5.77. The number of carbonyl (C=O) groups excluding carboxylic acids is 1. The van der Waals surface area contributed by atoms with E-state index in [0.29, 0.717) is 24.4 Å².